The number of ether oxygens (including phenoxy) is 1. The van der Waals surface area contributed by atoms with Gasteiger partial charge >= 0.3 is 6.03 Å². The topological polar surface area (TPSA) is 50.4 Å². The zero-order valence-electron chi connectivity index (χ0n) is 14.8. The molecule has 2 rings (SSSR count). The van der Waals surface area contributed by atoms with Crippen LogP contribution in [-0.2, 0) is 12.0 Å². The molecule has 2 aromatic carbocycles. The monoisotopic (exact) mass is 326 g/mol. The fourth-order valence-corrected chi connectivity index (χ4v) is 2.57. The largest absolute Gasteiger partial charge is 0.496 e. The number of urea groups is 1. The van der Waals surface area contributed by atoms with Crippen LogP contribution in [0.15, 0.2) is 54.6 Å². The Kier molecular flexibility index (Phi) is 5.85. The van der Waals surface area contributed by atoms with Crippen molar-refractivity contribution < 1.29 is 9.53 Å². The third-order valence-corrected chi connectivity index (χ3v) is 4.58. The van der Waals surface area contributed by atoms with E-state index in [4.69, 9.17) is 4.74 Å². The van der Waals surface area contributed by atoms with E-state index in [0.29, 0.717) is 6.54 Å². The number of hydrogen-bond donors (Lipinski definition) is 2. The van der Waals surface area contributed by atoms with Gasteiger partial charge in [-0.2, -0.15) is 0 Å². The molecule has 0 aliphatic rings. The Balaban J connectivity index is 1.94. The van der Waals surface area contributed by atoms with E-state index in [1.54, 1.807) is 7.11 Å². The maximum Gasteiger partial charge on any atom is 0.315 e. The lowest BCUT2D eigenvalue weighted by Gasteiger charge is -2.33. The molecule has 0 radical (unpaired) electrons. The van der Waals surface area contributed by atoms with Gasteiger partial charge in [0, 0.05) is 23.6 Å². The highest BCUT2D eigenvalue weighted by Gasteiger charge is 2.28. The highest BCUT2D eigenvalue weighted by molar-refractivity contribution is 5.74. The first-order valence-electron chi connectivity index (χ1n) is 8.17. The van der Waals surface area contributed by atoms with E-state index in [0.717, 1.165) is 11.3 Å². The van der Waals surface area contributed by atoms with E-state index < -0.39 is 0 Å². The molecule has 0 aliphatic heterocycles. The van der Waals surface area contributed by atoms with Crippen molar-refractivity contribution in [3.8, 4) is 5.75 Å². The van der Waals surface area contributed by atoms with Crippen LogP contribution in [0.3, 0.4) is 0 Å². The number of para-hydroxylation sites is 1. The van der Waals surface area contributed by atoms with Gasteiger partial charge < -0.3 is 15.4 Å². The average Bonchev–Trinajstić information content (AvgIpc) is 2.60. The van der Waals surface area contributed by atoms with Crippen molar-refractivity contribution in [1.82, 2.24) is 10.6 Å². The molecule has 0 heterocycles. The molecule has 2 N–H and O–H groups in total. The second-order valence-corrected chi connectivity index (χ2v) is 6.45. The van der Waals surface area contributed by atoms with Gasteiger partial charge in [-0.15, -0.1) is 0 Å². The number of nitrogens with one attached hydrogen (secondary N) is 2. The Bertz CT molecular complexity index is 668. The molecule has 0 aliphatic carbocycles. The molecule has 128 valence electrons. The molecule has 4 heteroatoms. The first kappa shape index (κ1) is 17.9. The van der Waals surface area contributed by atoms with E-state index in [2.05, 4.69) is 36.6 Å². The fraction of sp³-hybridized carbons (Fsp3) is 0.350. The highest BCUT2D eigenvalue weighted by atomic mass is 16.5. The third-order valence-electron chi connectivity index (χ3n) is 4.58. The Morgan fingerprint density at radius 3 is 2.38 bits per heavy atom. The van der Waals surface area contributed by atoms with Crippen LogP contribution < -0.4 is 15.4 Å². The van der Waals surface area contributed by atoms with Gasteiger partial charge in [-0.05, 0) is 18.6 Å². The maximum atomic E-state index is 12.2. The summed E-state index contributed by atoms with van der Waals surface area (Å²) in [5.74, 6) is 0.774. The van der Waals surface area contributed by atoms with E-state index in [-0.39, 0.29) is 17.5 Å². The summed E-state index contributed by atoms with van der Waals surface area (Å²) in [4.78, 5) is 12.2. The highest BCUT2D eigenvalue weighted by Crippen LogP contribution is 2.26. The molecule has 0 aromatic heterocycles. The van der Waals surface area contributed by atoms with E-state index in [1.807, 2.05) is 49.4 Å². The van der Waals surface area contributed by atoms with Gasteiger partial charge in [0.1, 0.15) is 5.75 Å². The molecule has 0 saturated heterocycles. The lowest BCUT2D eigenvalue weighted by molar-refractivity contribution is 0.230. The minimum Gasteiger partial charge on any atom is -0.496 e. The first-order valence-corrected chi connectivity index (χ1v) is 8.17. The number of carbonyl (C=O) groups excluding carboxylic acids is 1. The average molecular weight is 326 g/mol. The van der Waals surface area contributed by atoms with E-state index >= 15 is 0 Å². The summed E-state index contributed by atoms with van der Waals surface area (Å²) in [5.41, 5.74) is 1.98. The molecule has 0 bridgehead atoms. The van der Waals surface area contributed by atoms with Crippen LogP contribution in [-0.4, -0.2) is 19.2 Å². The van der Waals surface area contributed by atoms with Crippen molar-refractivity contribution in [2.75, 3.05) is 7.11 Å². The van der Waals surface area contributed by atoms with Crippen LogP contribution in [0, 0.1) is 0 Å². The summed E-state index contributed by atoms with van der Waals surface area (Å²) in [7, 11) is 1.63. The summed E-state index contributed by atoms with van der Waals surface area (Å²) in [6.45, 7) is 6.71. The molecule has 24 heavy (non-hydrogen) atoms. The van der Waals surface area contributed by atoms with Gasteiger partial charge in [-0.25, -0.2) is 4.79 Å². The normalized spacial score (nSPS) is 12.3. The van der Waals surface area contributed by atoms with Crippen LogP contribution in [0.1, 0.15) is 31.9 Å². The Morgan fingerprint density at radius 1 is 1.08 bits per heavy atom. The minimum atomic E-state index is -0.183. The number of benzene rings is 2. The smallest absolute Gasteiger partial charge is 0.315 e. The Labute approximate surface area is 144 Å². The molecule has 0 saturated carbocycles. The first-order chi connectivity index (χ1) is 11.4. The third kappa shape index (κ3) is 4.28. The number of amides is 2. The summed E-state index contributed by atoms with van der Waals surface area (Å²) in [5, 5.41) is 5.93. The van der Waals surface area contributed by atoms with Crippen molar-refractivity contribution in [2.24, 2.45) is 0 Å². The fourth-order valence-electron chi connectivity index (χ4n) is 2.57. The van der Waals surface area contributed by atoms with Gasteiger partial charge in [0.05, 0.1) is 7.11 Å². The SMILES string of the molecule is COc1ccccc1CNC(=O)NC(C)C(C)(C)c1ccccc1. The van der Waals surface area contributed by atoms with Crippen molar-refractivity contribution in [3.63, 3.8) is 0 Å². The Hall–Kier alpha value is -2.49. The van der Waals surface area contributed by atoms with Gasteiger partial charge in [0.2, 0.25) is 0 Å². The molecule has 2 amide bonds. The molecular formula is C20H26N2O2. The lowest BCUT2D eigenvalue weighted by atomic mass is 9.78. The van der Waals surface area contributed by atoms with Crippen LogP contribution >= 0.6 is 0 Å². The summed E-state index contributed by atoms with van der Waals surface area (Å²) < 4.78 is 5.30. The summed E-state index contributed by atoms with van der Waals surface area (Å²) in [6, 6.07) is 17.7. The summed E-state index contributed by atoms with van der Waals surface area (Å²) in [6.07, 6.45) is 0. The molecule has 0 fully saturated rings. The van der Waals surface area contributed by atoms with Crippen molar-refractivity contribution in [2.45, 2.75) is 38.8 Å². The standard InChI is InChI=1S/C20H26N2O2/c1-15(20(2,3)17-11-6-5-7-12-17)22-19(23)21-14-16-10-8-9-13-18(16)24-4/h5-13,15H,14H2,1-4H3,(H2,21,22,23). The zero-order chi connectivity index (χ0) is 17.6. The second-order valence-electron chi connectivity index (χ2n) is 6.45. The zero-order valence-corrected chi connectivity index (χ0v) is 14.8. The molecule has 1 atom stereocenters. The van der Waals surface area contributed by atoms with Gasteiger partial charge in [-0.1, -0.05) is 62.4 Å². The number of rotatable bonds is 6. The number of hydrogen-bond acceptors (Lipinski definition) is 2. The summed E-state index contributed by atoms with van der Waals surface area (Å²) >= 11 is 0. The maximum absolute atomic E-state index is 12.2. The van der Waals surface area contributed by atoms with Crippen molar-refractivity contribution >= 4 is 6.03 Å². The quantitative estimate of drug-likeness (QED) is 0.847. The second kappa shape index (κ2) is 7.86. The van der Waals surface area contributed by atoms with Gasteiger partial charge in [0.25, 0.3) is 0 Å². The van der Waals surface area contributed by atoms with Crippen LogP contribution in [0.25, 0.3) is 0 Å². The molecule has 2 aromatic rings. The lowest BCUT2D eigenvalue weighted by Crippen LogP contribution is -2.49. The number of carbonyl (C=O) groups is 1. The van der Waals surface area contributed by atoms with Gasteiger partial charge in [0.15, 0.2) is 0 Å². The minimum absolute atomic E-state index is 0.0161. The molecule has 1 unspecified atom stereocenters. The predicted octanol–water partition coefficient (Wildman–Crippen LogP) is 3.86. The van der Waals surface area contributed by atoms with Crippen LogP contribution in [0.5, 0.6) is 5.75 Å². The Morgan fingerprint density at radius 2 is 1.71 bits per heavy atom. The number of methoxy groups -OCH3 is 1. The van der Waals surface area contributed by atoms with Crippen LogP contribution in [0.2, 0.25) is 0 Å². The van der Waals surface area contributed by atoms with Crippen molar-refractivity contribution in [1.29, 1.82) is 0 Å². The molecular weight excluding hydrogens is 300 g/mol. The molecule has 0 spiro atoms. The van der Waals surface area contributed by atoms with Crippen molar-refractivity contribution in [3.05, 3.63) is 65.7 Å². The van der Waals surface area contributed by atoms with Crippen LogP contribution in [0.4, 0.5) is 4.79 Å². The molecule has 4 nitrogen and oxygen atoms in total. The van der Waals surface area contributed by atoms with E-state index in [9.17, 15) is 4.79 Å². The van der Waals surface area contributed by atoms with Gasteiger partial charge in [-0.3, -0.25) is 0 Å². The predicted molar refractivity (Wildman–Crippen MR) is 97.3 cm³/mol. The van der Waals surface area contributed by atoms with E-state index in [1.165, 1.54) is 5.56 Å².